The zero-order valence-electron chi connectivity index (χ0n) is 11.1. The van der Waals surface area contributed by atoms with Gasteiger partial charge in [-0.2, -0.15) is 0 Å². The zero-order valence-corrected chi connectivity index (χ0v) is 11.1. The molecular weight excluding hydrogens is 208 g/mol. The molecule has 2 nitrogen and oxygen atoms in total. The number of likely N-dealkylation sites (tertiary alicyclic amines) is 1. The van der Waals surface area contributed by atoms with Crippen molar-refractivity contribution in [3.8, 4) is 0 Å². The highest BCUT2D eigenvalue weighted by molar-refractivity contribution is 5.14. The predicted molar refractivity (Wildman–Crippen MR) is 73.0 cm³/mol. The SMILES string of the molecule is CCN(CC)[C@@H]1CCN(Cc2ccccc2)C1. The van der Waals surface area contributed by atoms with Gasteiger partial charge in [0.2, 0.25) is 0 Å². The number of likely N-dealkylation sites (N-methyl/N-ethyl adjacent to an activating group) is 1. The van der Waals surface area contributed by atoms with E-state index in [1.54, 1.807) is 0 Å². The van der Waals surface area contributed by atoms with Crippen molar-refractivity contribution in [3.05, 3.63) is 35.9 Å². The van der Waals surface area contributed by atoms with Crippen LogP contribution in [0.15, 0.2) is 30.3 Å². The van der Waals surface area contributed by atoms with E-state index in [2.05, 4.69) is 54.0 Å². The Hall–Kier alpha value is -0.860. The summed E-state index contributed by atoms with van der Waals surface area (Å²) in [4.78, 5) is 5.17. The van der Waals surface area contributed by atoms with E-state index in [0.717, 1.165) is 12.6 Å². The second-order valence-corrected chi connectivity index (χ2v) is 4.88. The molecule has 0 aliphatic carbocycles. The predicted octanol–water partition coefficient (Wildman–Crippen LogP) is 2.60. The van der Waals surface area contributed by atoms with Crippen LogP contribution in [0.2, 0.25) is 0 Å². The van der Waals surface area contributed by atoms with E-state index in [-0.39, 0.29) is 0 Å². The molecule has 0 aromatic heterocycles. The second-order valence-electron chi connectivity index (χ2n) is 4.88. The maximum absolute atomic E-state index is 2.59. The largest absolute Gasteiger partial charge is 0.300 e. The molecule has 1 aromatic rings. The van der Waals surface area contributed by atoms with Crippen molar-refractivity contribution in [2.24, 2.45) is 0 Å². The lowest BCUT2D eigenvalue weighted by Gasteiger charge is -2.26. The molecule has 0 amide bonds. The van der Waals surface area contributed by atoms with Crippen LogP contribution in [0.4, 0.5) is 0 Å². The molecule has 1 saturated heterocycles. The molecule has 17 heavy (non-hydrogen) atoms. The molecule has 1 aliphatic heterocycles. The van der Waals surface area contributed by atoms with Crippen LogP contribution < -0.4 is 0 Å². The molecule has 94 valence electrons. The first-order valence-electron chi connectivity index (χ1n) is 6.83. The van der Waals surface area contributed by atoms with Gasteiger partial charge >= 0.3 is 0 Å². The highest BCUT2D eigenvalue weighted by Gasteiger charge is 2.25. The maximum atomic E-state index is 2.59. The van der Waals surface area contributed by atoms with Gasteiger partial charge in [-0.1, -0.05) is 44.2 Å². The minimum Gasteiger partial charge on any atom is -0.300 e. The van der Waals surface area contributed by atoms with Crippen molar-refractivity contribution < 1.29 is 0 Å². The van der Waals surface area contributed by atoms with Crippen molar-refractivity contribution in [3.63, 3.8) is 0 Å². The lowest BCUT2D eigenvalue weighted by molar-refractivity contribution is 0.209. The van der Waals surface area contributed by atoms with Gasteiger partial charge in [0.25, 0.3) is 0 Å². The van der Waals surface area contributed by atoms with Crippen LogP contribution in [-0.4, -0.2) is 42.0 Å². The van der Waals surface area contributed by atoms with Gasteiger partial charge in [0, 0.05) is 25.7 Å². The van der Waals surface area contributed by atoms with Crippen LogP contribution in [0.1, 0.15) is 25.8 Å². The Morgan fingerprint density at radius 2 is 1.88 bits per heavy atom. The first kappa shape index (κ1) is 12.6. The first-order chi connectivity index (χ1) is 8.33. The molecule has 0 spiro atoms. The Labute approximate surface area is 105 Å². The topological polar surface area (TPSA) is 6.48 Å². The fourth-order valence-corrected chi connectivity index (χ4v) is 2.84. The Morgan fingerprint density at radius 3 is 2.53 bits per heavy atom. The summed E-state index contributed by atoms with van der Waals surface area (Å²) >= 11 is 0. The third-order valence-corrected chi connectivity index (χ3v) is 3.83. The quantitative estimate of drug-likeness (QED) is 0.770. The lowest BCUT2D eigenvalue weighted by atomic mass is 10.2. The summed E-state index contributed by atoms with van der Waals surface area (Å²) in [6.07, 6.45) is 1.33. The van der Waals surface area contributed by atoms with Gasteiger partial charge < -0.3 is 0 Å². The monoisotopic (exact) mass is 232 g/mol. The molecule has 2 rings (SSSR count). The van der Waals surface area contributed by atoms with E-state index < -0.39 is 0 Å². The minimum absolute atomic E-state index is 0.772. The molecule has 1 aliphatic rings. The van der Waals surface area contributed by atoms with Gasteiger partial charge in [-0.3, -0.25) is 9.80 Å². The zero-order chi connectivity index (χ0) is 12.1. The molecule has 0 bridgehead atoms. The molecule has 1 aromatic carbocycles. The molecule has 0 unspecified atom stereocenters. The Kier molecular flexibility index (Phi) is 4.57. The van der Waals surface area contributed by atoms with Gasteiger partial charge in [0.1, 0.15) is 0 Å². The van der Waals surface area contributed by atoms with E-state index in [0.29, 0.717) is 0 Å². The van der Waals surface area contributed by atoms with E-state index in [4.69, 9.17) is 0 Å². The third-order valence-electron chi connectivity index (χ3n) is 3.83. The highest BCUT2D eigenvalue weighted by atomic mass is 15.2. The number of hydrogen-bond acceptors (Lipinski definition) is 2. The summed E-state index contributed by atoms with van der Waals surface area (Å²) in [5.41, 5.74) is 1.44. The van der Waals surface area contributed by atoms with Crippen molar-refractivity contribution in [2.45, 2.75) is 32.9 Å². The molecular formula is C15H24N2. The average molecular weight is 232 g/mol. The maximum Gasteiger partial charge on any atom is 0.0235 e. The van der Waals surface area contributed by atoms with Gasteiger partial charge in [-0.05, 0) is 25.1 Å². The fraction of sp³-hybridized carbons (Fsp3) is 0.600. The van der Waals surface area contributed by atoms with E-state index in [9.17, 15) is 0 Å². The van der Waals surface area contributed by atoms with Crippen LogP contribution in [0.5, 0.6) is 0 Å². The molecule has 0 radical (unpaired) electrons. The molecule has 1 atom stereocenters. The summed E-state index contributed by atoms with van der Waals surface area (Å²) in [5.74, 6) is 0. The number of hydrogen-bond donors (Lipinski definition) is 0. The van der Waals surface area contributed by atoms with E-state index in [1.807, 2.05) is 0 Å². The summed E-state index contributed by atoms with van der Waals surface area (Å²) in [5, 5.41) is 0. The lowest BCUT2D eigenvalue weighted by Crippen LogP contribution is -2.37. The van der Waals surface area contributed by atoms with Gasteiger partial charge in [0.15, 0.2) is 0 Å². The van der Waals surface area contributed by atoms with Gasteiger partial charge in [-0.25, -0.2) is 0 Å². The van der Waals surface area contributed by atoms with Crippen LogP contribution >= 0.6 is 0 Å². The van der Waals surface area contributed by atoms with Crippen molar-refractivity contribution in [1.29, 1.82) is 0 Å². The summed E-state index contributed by atoms with van der Waals surface area (Å²) < 4.78 is 0. The number of benzene rings is 1. The smallest absolute Gasteiger partial charge is 0.0235 e. The minimum atomic E-state index is 0.772. The molecule has 0 saturated carbocycles. The summed E-state index contributed by atoms with van der Waals surface area (Å²) in [6.45, 7) is 10.5. The summed E-state index contributed by atoms with van der Waals surface area (Å²) in [7, 11) is 0. The van der Waals surface area contributed by atoms with Crippen LogP contribution in [0, 0.1) is 0 Å². The Balaban J connectivity index is 1.86. The standard InChI is InChI=1S/C15H24N2/c1-3-17(4-2)15-10-11-16(13-15)12-14-8-6-5-7-9-14/h5-9,15H,3-4,10-13H2,1-2H3/t15-/m1/s1. The normalized spacial score (nSPS) is 21.2. The number of rotatable bonds is 5. The molecule has 2 heteroatoms. The van der Waals surface area contributed by atoms with Crippen molar-refractivity contribution in [1.82, 2.24) is 9.80 Å². The van der Waals surface area contributed by atoms with Crippen molar-refractivity contribution in [2.75, 3.05) is 26.2 Å². The van der Waals surface area contributed by atoms with E-state index in [1.165, 1.54) is 38.2 Å². The van der Waals surface area contributed by atoms with Crippen molar-refractivity contribution >= 4 is 0 Å². The van der Waals surface area contributed by atoms with Gasteiger partial charge in [-0.15, -0.1) is 0 Å². The molecule has 0 N–H and O–H groups in total. The Morgan fingerprint density at radius 1 is 1.18 bits per heavy atom. The second kappa shape index (κ2) is 6.18. The van der Waals surface area contributed by atoms with E-state index >= 15 is 0 Å². The van der Waals surface area contributed by atoms with Crippen LogP contribution in [-0.2, 0) is 6.54 Å². The number of nitrogens with zero attached hydrogens (tertiary/aromatic N) is 2. The van der Waals surface area contributed by atoms with Gasteiger partial charge in [0.05, 0.1) is 0 Å². The third kappa shape index (κ3) is 3.30. The summed E-state index contributed by atoms with van der Waals surface area (Å²) in [6, 6.07) is 11.6. The first-order valence-corrected chi connectivity index (χ1v) is 6.83. The average Bonchev–Trinajstić information content (AvgIpc) is 2.81. The highest BCUT2D eigenvalue weighted by Crippen LogP contribution is 2.17. The molecule has 1 heterocycles. The van der Waals surface area contributed by atoms with Crippen LogP contribution in [0.25, 0.3) is 0 Å². The fourth-order valence-electron chi connectivity index (χ4n) is 2.84. The Bertz CT molecular complexity index is 319. The molecule has 1 fully saturated rings. The van der Waals surface area contributed by atoms with Crippen LogP contribution in [0.3, 0.4) is 0 Å².